The quantitative estimate of drug-likeness (QED) is 0.605. The molecule has 0 fully saturated rings. The van der Waals surface area contributed by atoms with Gasteiger partial charge >= 0.3 is 0 Å². The lowest BCUT2D eigenvalue weighted by Gasteiger charge is -2.07. The molecule has 0 radical (unpaired) electrons. The number of rotatable bonds is 5. The van der Waals surface area contributed by atoms with E-state index in [1.165, 1.54) is 25.2 Å². The minimum absolute atomic E-state index is 0.344. The third-order valence-corrected chi connectivity index (χ3v) is 3.54. The van der Waals surface area contributed by atoms with Crippen LogP contribution in [0.5, 0.6) is 0 Å². The first-order valence-electron chi connectivity index (χ1n) is 4.88. The van der Waals surface area contributed by atoms with Crippen LogP contribution in [-0.4, -0.2) is 26.9 Å². The predicted molar refractivity (Wildman–Crippen MR) is 63.5 cm³/mol. The van der Waals surface area contributed by atoms with Crippen molar-refractivity contribution in [2.75, 3.05) is 18.9 Å². The van der Waals surface area contributed by atoms with Gasteiger partial charge in [0.2, 0.25) is 10.0 Å². The number of nitro benzene ring substituents is 1. The molecule has 0 saturated carbocycles. The molecule has 1 rings (SSSR count). The molecule has 0 atom stereocenters. The monoisotopic (exact) mass is 259 g/mol. The molecular formula is C9H13N3O4S. The van der Waals surface area contributed by atoms with Crippen molar-refractivity contribution in [3.63, 3.8) is 0 Å². The van der Waals surface area contributed by atoms with E-state index in [0.717, 1.165) is 0 Å². The lowest BCUT2D eigenvalue weighted by atomic mass is 10.3. The Morgan fingerprint density at radius 2 is 2.06 bits per heavy atom. The summed E-state index contributed by atoms with van der Waals surface area (Å²) in [6.07, 6.45) is 0. The molecule has 0 aliphatic carbocycles. The summed E-state index contributed by atoms with van der Waals surface area (Å²) in [5, 5.41) is 13.6. The Balaban J connectivity index is 3.41. The normalized spacial score (nSPS) is 11.2. The number of nitrogens with one attached hydrogen (secondary N) is 2. The summed E-state index contributed by atoms with van der Waals surface area (Å²) in [5.41, 5.74) is 0.0768. The third kappa shape index (κ3) is 2.92. The molecule has 0 unspecified atom stereocenters. The molecule has 17 heavy (non-hydrogen) atoms. The SMILES string of the molecule is CCNc1ccc([N+](=O)[O-])c(S(=O)(=O)NC)c1. The third-order valence-electron chi connectivity index (χ3n) is 2.10. The summed E-state index contributed by atoms with van der Waals surface area (Å²) in [4.78, 5) is 9.68. The van der Waals surface area contributed by atoms with Gasteiger partial charge in [0, 0.05) is 18.3 Å². The van der Waals surface area contributed by atoms with Crippen LogP contribution in [0.4, 0.5) is 11.4 Å². The fourth-order valence-corrected chi connectivity index (χ4v) is 2.22. The molecule has 1 aromatic rings. The molecule has 8 heteroatoms. The molecule has 0 saturated heterocycles. The van der Waals surface area contributed by atoms with Gasteiger partial charge in [0.1, 0.15) is 0 Å². The van der Waals surface area contributed by atoms with E-state index < -0.39 is 20.6 Å². The highest BCUT2D eigenvalue weighted by molar-refractivity contribution is 7.89. The second-order valence-electron chi connectivity index (χ2n) is 3.18. The standard InChI is InChI=1S/C9H13N3O4S/c1-3-11-7-4-5-8(12(13)14)9(6-7)17(15,16)10-2/h4-6,10-11H,3H2,1-2H3. The summed E-state index contributed by atoms with van der Waals surface area (Å²) in [5.74, 6) is 0. The van der Waals surface area contributed by atoms with Crippen molar-refractivity contribution in [1.29, 1.82) is 0 Å². The van der Waals surface area contributed by atoms with Crippen LogP contribution in [0.1, 0.15) is 6.92 Å². The van der Waals surface area contributed by atoms with Crippen LogP contribution < -0.4 is 10.0 Å². The topological polar surface area (TPSA) is 101 Å². The predicted octanol–water partition coefficient (Wildman–Crippen LogP) is 0.935. The zero-order chi connectivity index (χ0) is 13.1. The zero-order valence-electron chi connectivity index (χ0n) is 9.43. The first-order chi connectivity index (χ1) is 7.92. The number of nitro groups is 1. The summed E-state index contributed by atoms with van der Waals surface area (Å²) in [7, 11) is -2.64. The highest BCUT2D eigenvalue weighted by Gasteiger charge is 2.24. The average molecular weight is 259 g/mol. The number of hydrogen-bond acceptors (Lipinski definition) is 5. The van der Waals surface area contributed by atoms with E-state index in [0.29, 0.717) is 12.2 Å². The number of benzene rings is 1. The largest absolute Gasteiger partial charge is 0.385 e. The van der Waals surface area contributed by atoms with E-state index >= 15 is 0 Å². The van der Waals surface area contributed by atoms with E-state index in [4.69, 9.17) is 0 Å². The second kappa shape index (κ2) is 5.11. The molecule has 0 aliphatic heterocycles. The van der Waals surface area contributed by atoms with Gasteiger partial charge in [-0.25, -0.2) is 13.1 Å². The number of hydrogen-bond donors (Lipinski definition) is 2. The summed E-state index contributed by atoms with van der Waals surface area (Å²) >= 11 is 0. The van der Waals surface area contributed by atoms with Gasteiger partial charge in [-0.05, 0) is 26.1 Å². The Hall–Kier alpha value is -1.67. The Morgan fingerprint density at radius 1 is 1.41 bits per heavy atom. The Bertz CT molecular complexity index is 527. The van der Waals surface area contributed by atoms with Crippen LogP contribution in [0.15, 0.2) is 23.1 Å². The van der Waals surface area contributed by atoms with Gasteiger partial charge in [0.25, 0.3) is 5.69 Å². The van der Waals surface area contributed by atoms with Crippen LogP contribution in [0.2, 0.25) is 0 Å². The van der Waals surface area contributed by atoms with Crippen LogP contribution in [0.25, 0.3) is 0 Å². The van der Waals surface area contributed by atoms with Crippen LogP contribution >= 0.6 is 0 Å². The lowest BCUT2D eigenvalue weighted by molar-refractivity contribution is -0.387. The van der Waals surface area contributed by atoms with Crippen molar-refractivity contribution in [1.82, 2.24) is 4.72 Å². The second-order valence-corrected chi connectivity index (χ2v) is 5.03. The molecule has 2 N–H and O–H groups in total. The van der Waals surface area contributed by atoms with Crippen LogP contribution in [-0.2, 0) is 10.0 Å². The molecule has 0 bridgehead atoms. The summed E-state index contributed by atoms with van der Waals surface area (Å²) in [6, 6.07) is 3.88. The molecule has 0 aromatic heterocycles. The van der Waals surface area contributed by atoms with Gasteiger partial charge in [-0.2, -0.15) is 0 Å². The van der Waals surface area contributed by atoms with Crippen LogP contribution in [0, 0.1) is 10.1 Å². The van der Waals surface area contributed by atoms with Crippen molar-refractivity contribution in [2.24, 2.45) is 0 Å². The first-order valence-corrected chi connectivity index (χ1v) is 6.36. The molecule has 0 spiro atoms. The maximum atomic E-state index is 11.6. The highest BCUT2D eigenvalue weighted by Crippen LogP contribution is 2.26. The maximum absolute atomic E-state index is 11.6. The van der Waals surface area contributed by atoms with E-state index in [1.54, 1.807) is 0 Å². The number of nitrogens with zero attached hydrogens (tertiary/aromatic N) is 1. The van der Waals surface area contributed by atoms with Crippen LogP contribution in [0.3, 0.4) is 0 Å². The van der Waals surface area contributed by atoms with E-state index in [1.807, 2.05) is 6.92 Å². The molecule has 1 aromatic carbocycles. The van der Waals surface area contributed by atoms with Crippen molar-refractivity contribution in [2.45, 2.75) is 11.8 Å². The lowest BCUT2D eigenvalue weighted by Crippen LogP contribution is -2.20. The van der Waals surface area contributed by atoms with E-state index in [-0.39, 0.29) is 4.90 Å². The average Bonchev–Trinajstić information content (AvgIpc) is 2.29. The minimum atomic E-state index is -3.85. The van der Waals surface area contributed by atoms with Gasteiger partial charge in [-0.1, -0.05) is 0 Å². The van der Waals surface area contributed by atoms with E-state index in [2.05, 4.69) is 10.0 Å². The van der Waals surface area contributed by atoms with Gasteiger partial charge in [-0.3, -0.25) is 10.1 Å². The highest BCUT2D eigenvalue weighted by atomic mass is 32.2. The zero-order valence-corrected chi connectivity index (χ0v) is 10.2. The first kappa shape index (κ1) is 13.4. The molecule has 7 nitrogen and oxygen atoms in total. The Kier molecular flexibility index (Phi) is 4.02. The minimum Gasteiger partial charge on any atom is -0.385 e. The molecule has 0 amide bonds. The van der Waals surface area contributed by atoms with Crippen molar-refractivity contribution < 1.29 is 13.3 Å². The van der Waals surface area contributed by atoms with Crippen molar-refractivity contribution in [3.8, 4) is 0 Å². The fourth-order valence-electron chi connectivity index (χ4n) is 1.30. The van der Waals surface area contributed by atoms with Gasteiger partial charge < -0.3 is 5.32 Å². The van der Waals surface area contributed by atoms with Crippen molar-refractivity contribution >= 4 is 21.4 Å². The Morgan fingerprint density at radius 3 is 2.53 bits per heavy atom. The van der Waals surface area contributed by atoms with Crippen molar-refractivity contribution in [3.05, 3.63) is 28.3 Å². The smallest absolute Gasteiger partial charge is 0.289 e. The van der Waals surface area contributed by atoms with Gasteiger partial charge in [0.05, 0.1) is 4.92 Å². The summed E-state index contributed by atoms with van der Waals surface area (Å²) in [6.45, 7) is 2.44. The fraction of sp³-hybridized carbons (Fsp3) is 0.333. The van der Waals surface area contributed by atoms with Gasteiger partial charge in [-0.15, -0.1) is 0 Å². The maximum Gasteiger partial charge on any atom is 0.289 e. The number of anilines is 1. The Labute approximate surface area is 99.0 Å². The molecule has 0 heterocycles. The number of sulfonamides is 1. The summed E-state index contributed by atoms with van der Waals surface area (Å²) < 4.78 is 25.3. The molecule has 0 aliphatic rings. The molecule has 94 valence electrons. The van der Waals surface area contributed by atoms with E-state index in [9.17, 15) is 18.5 Å². The van der Waals surface area contributed by atoms with Gasteiger partial charge in [0.15, 0.2) is 4.90 Å². The molecular weight excluding hydrogens is 246 g/mol.